The SMILES string of the molecule is CC(CO)CNC(=O)C1COCCN1. The number of carbonyl (C=O) groups excluding carboxylic acids is 1. The Kier molecular flexibility index (Phi) is 4.86. The van der Waals surface area contributed by atoms with E-state index in [-0.39, 0.29) is 24.5 Å². The summed E-state index contributed by atoms with van der Waals surface area (Å²) in [5.41, 5.74) is 0. The minimum absolute atomic E-state index is 0.0509. The maximum Gasteiger partial charge on any atom is 0.239 e. The minimum Gasteiger partial charge on any atom is -0.396 e. The molecule has 82 valence electrons. The first-order valence-electron chi connectivity index (χ1n) is 4.93. The predicted molar refractivity (Wildman–Crippen MR) is 51.9 cm³/mol. The Morgan fingerprint density at radius 2 is 2.57 bits per heavy atom. The summed E-state index contributed by atoms with van der Waals surface area (Å²) in [6.45, 7) is 4.29. The largest absolute Gasteiger partial charge is 0.396 e. The summed E-state index contributed by atoms with van der Waals surface area (Å²) in [7, 11) is 0. The van der Waals surface area contributed by atoms with E-state index in [4.69, 9.17) is 9.84 Å². The van der Waals surface area contributed by atoms with E-state index >= 15 is 0 Å². The van der Waals surface area contributed by atoms with Crippen LogP contribution in [-0.4, -0.2) is 50.0 Å². The normalized spacial score (nSPS) is 24.3. The third-order valence-electron chi connectivity index (χ3n) is 2.17. The van der Waals surface area contributed by atoms with Gasteiger partial charge in [-0.05, 0) is 5.92 Å². The molecule has 5 heteroatoms. The number of carbonyl (C=O) groups is 1. The van der Waals surface area contributed by atoms with Gasteiger partial charge in [0.05, 0.1) is 13.2 Å². The smallest absolute Gasteiger partial charge is 0.239 e. The zero-order valence-corrected chi connectivity index (χ0v) is 8.45. The fraction of sp³-hybridized carbons (Fsp3) is 0.889. The molecule has 2 unspecified atom stereocenters. The highest BCUT2D eigenvalue weighted by Gasteiger charge is 2.20. The van der Waals surface area contributed by atoms with Crippen molar-refractivity contribution in [1.82, 2.24) is 10.6 Å². The number of nitrogens with one attached hydrogen (secondary N) is 2. The lowest BCUT2D eigenvalue weighted by Crippen LogP contribution is -2.51. The van der Waals surface area contributed by atoms with Crippen molar-refractivity contribution in [2.24, 2.45) is 5.92 Å². The first kappa shape index (κ1) is 11.4. The Hall–Kier alpha value is -0.650. The van der Waals surface area contributed by atoms with Gasteiger partial charge < -0.3 is 20.5 Å². The molecule has 14 heavy (non-hydrogen) atoms. The molecule has 0 radical (unpaired) electrons. The van der Waals surface area contributed by atoms with Gasteiger partial charge in [0.1, 0.15) is 6.04 Å². The fourth-order valence-electron chi connectivity index (χ4n) is 1.20. The van der Waals surface area contributed by atoms with Crippen LogP contribution in [0.3, 0.4) is 0 Å². The summed E-state index contributed by atoms with van der Waals surface area (Å²) in [4.78, 5) is 11.5. The molecule has 1 aliphatic heterocycles. The zero-order valence-electron chi connectivity index (χ0n) is 8.45. The second kappa shape index (κ2) is 5.95. The highest BCUT2D eigenvalue weighted by molar-refractivity contribution is 5.81. The molecule has 0 aromatic heterocycles. The number of ether oxygens (including phenoxy) is 1. The lowest BCUT2D eigenvalue weighted by molar-refractivity contribution is -0.126. The van der Waals surface area contributed by atoms with Crippen molar-refractivity contribution < 1.29 is 14.6 Å². The number of hydrogen-bond acceptors (Lipinski definition) is 4. The standard InChI is InChI=1S/C9H18N2O3/c1-7(5-12)4-11-9(13)8-6-14-3-2-10-8/h7-8,10,12H,2-6H2,1H3,(H,11,13). The van der Waals surface area contributed by atoms with Crippen LogP contribution in [-0.2, 0) is 9.53 Å². The second-order valence-corrected chi connectivity index (χ2v) is 3.61. The van der Waals surface area contributed by atoms with Gasteiger partial charge in [-0.2, -0.15) is 0 Å². The second-order valence-electron chi connectivity index (χ2n) is 3.61. The highest BCUT2D eigenvalue weighted by Crippen LogP contribution is 1.94. The molecule has 1 heterocycles. The molecule has 1 saturated heterocycles. The molecule has 0 aromatic rings. The molecule has 0 aliphatic carbocycles. The lowest BCUT2D eigenvalue weighted by atomic mass is 10.2. The number of hydrogen-bond donors (Lipinski definition) is 3. The quantitative estimate of drug-likeness (QED) is 0.531. The summed E-state index contributed by atoms with van der Waals surface area (Å²) in [6.07, 6.45) is 0. The van der Waals surface area contributed by atoms with Crippen molar-refractivity contribution in [3.63, 3.8) is 0 Å². The molecule has 5 nitrogen and oxygen atoms in total. The van der Waals surface area contributed by atoms with Gasteiger partial charge in [0.25, 0.3) is 0 Å². The Bertz CT molecular complexity index is 181. The number of rotatable bonds is 4. The molecule has 1 amide bonds. The predicted octanol–water partition coefficient (Wildman–Crippen LogP) is -1.28. The topological polar surface area (TPSA) is 70.6 Å². The van der Waals surface area contributed by atoms with Crippen LogP contribution in [0.15, 0.2) is 0 Å². The van der Waals surface area contributed by atoms with Crippen LogP contribution >= 0.6 is 0 Å². The van der Waals surface area contributed by atoms with Crippen LogP contribution < -0.4 is 10.6 Å². The Labute approximate surface area is 83.8 Å². The molecule has 1 fully saturated rings. The van der Waals surface area contributed by atoms with Crippen molar-refractivity contribution >= 4 is 5.91 Å². The highest BCUT2D eigenvalue weighted by atomic mass is 16.5. The van der Waals surface area contributed by atoms with Crippen molar-refractivity contribution in [2.45, 2.75) is 13.0 Å². The lowest BCUT2D eigenvalue weighted by Gasteiger charge is -2.23. The molecule has 1 rings (SSSR count). The van der Waals surface area contributed by atoms with E-state index in [0.717, 1.165) is 0 Å². The van der Waals surface area contributed by atoms with Gasteiger partial charge in [-0.1, -0.05) is 6.92 Å². The van der Waals surface area contributed by atoms with Gasteiger partial charge in [0.2, 0.25) is 5.91 Å². The number of amides is 1. The van der Waals surface area contributed by atoms with E-state index in [0.29, 0.717) is 26.3 Å². The van der Waals surface area contributed by atoms with E-state index in [1.807, 2.05) is 6.92 Å². The summed E-state index contributed by atoms with van der Waals surface area (Å²) in [6, 6.07) is -0.241. The maximum absolute atomic E-state index is 11.5. The van der Waals surface area contributed by atoms with E-state index < -0.39 is 0 Å². The summed E-state index contributed by atoms with van der Waals surface area (Å²) >= 11 is 0. The molecule has 1 aliphatic rings. The van der Waals surface area contributed by atoms with Crippen molar-refractivity contribution in [2.75, 3.05) is 32.9 Å². The van der Waals surface area contributed by atoms with Crippen molar-refractivity contribution in [3.8, 4) is 0 Å². The van der Waals surface area contributed by atoms with Crippen molar-refractivity contribution in [1.29, 1.82) is 0 Å². The van der Waals surface area contributed by atoms with E-state index in [2.05, 4.69) is 10.6 Å². The maximum atomic E-state index is 11.5. The van der Waals surface area contributed by atoms with Crippen LogP contribution in [0.4, 0.5) is 0 Å². The molecule has 2 atom stereocenters. The van der Waals surface area contributed by atoms with Gasteiger partial charge in [0, 0.05) is 19.7 Å². The van der Waals surface area contributed by atoms with Crippen LogP contribution in [0, 0.1) is 5.92 Å². The average Bonchev–Trinajstić information content (AvgIpc) is 2.26. The minimum atomic E-state index is -0.241. The van der Waals surface area contributed by atoms with E-state index in [1.165, 1.54) is 0 Å². The van der Waals surface area contributed by atoms with E-state index in [9.17, 15) is 4.79 Å². The van der Waals surface area contributed by atoms with Crippen LogP contribution in [0.25, 0.3) is 0 Å². The summed E-state index contributed by atoms with van der Waals surface area (Å²) in [5, 5.41) is 14.6. The molecular weight excluding hydrogens is 184 g/mol. The van der Waals surface area contributed by atoms with Crippen LogP contribution in [0.5, 0.6) is 0 Å². The molecular formula is C9H18N2O3. The Balaban J connectivity index is 2.19. The zero-order chi connectivity index (χ0) is 10.4. The summed E-state index contributed by atoms with van der Waals surface area (Å²) in [5.74, 6) is 0.0495. The first-order chi connectivity index (χ1) is 6.74. The number of aliphatic hydroxyl groups excluding tert-OH is 1. The molecule has 0 aromatic carbocycles. The van der Waals surface area contributed by atoms with Crippen LogP contribution in [0.1, 0.15) is 6.92 Å². The van der Waals surface area contributed by atoms with Crippen LogP contribution in [0.2, 0.25) is 0 Å². The molecule has 0 bridgehead atoms. The van der Waals surface area contributed by atoms with E-state index in [1.54, 1.807) is 0 Å². The van der Waals surface area contributed by atoms with Crippen molar-refractivity contribution in [3.05, 3.63) is 0 Å². The number of aliphatic hydroxyl groups is 1. The molecule has 0 spiro atoms. The van der Waals surface area contributed by atoms with Gasteiger partial charge in [-0.25, -0.2) is 0 Å². The molecule has 0 saturated carbocycles. The fourth-order valence-corrected chi connectivity index (χ4v) is 1.20. The molecule has 3 N–H and O–H groups in total. The van der Waals surface area contributed by atoms with Gasteiger partial charge in [-0.15, -0.1) is 0 Å². The van der Waals surface area contributed by atoms with Gasteiger partial charge in [-0.3, -0.25) is 4.79 Å². The number of morpholine rings is 1. The Morgan fingerprint density at radius 3 is 3.14 bits per heavy atom. The Morgan fingerprint density at radius 1 is 1.79 bits per heavy atom. The van der Waals surface area contributed by atoms with Gasteiger partial charge in [0.15, 0.2) is 0 Å². The third-order valence-corrected chi connectivity index (χ3v) is 2.17. The summed E-state index contributed by atoms with van der Waals surface area (Å²) < 4.78 is 5.16. The first-order valence-corrected chi connectivity index (χ1v) is 4.93. The van der Waals surface area contributed by atoms with Gasteiger partial charge >= 0.3 is 0 Å². The average molecular weight is 202 g/mol. The monoisotopic (exact) mass is 202 g/mol. The third kappa shape index (κ3) is 3.61.